The van der Waals surface area contributed by atoms with E-state index in [1.165, 1.54) is 4.31 Å². The van der Waals surface area contributed by atoms with Crippen LogP contribution >= 0.6 is 15.9 Å². The number of likely N-dealkylation sites (tertiary alicyclic amines) is 1. The number of carbonyl (C=O) groups excluding carboxylic acids is 1. The summed E-state index contributed by atoms with van der Waals surface area (Å²) in [7, 11) is -1.81. The van der Waals surface area contributed by atoms with Crippen LogP contribution in [0.15, 0.2) is 33.6 Å². The molecule has 3 heterocycles. The van der Waals surface area contributed by atoms with E-state index in [0.717, 1.165) is 41.7 Å². The molecule has 0 spiro atoms. The predicted octanol–water partition coefficient (Wildman–Crippen LogP) is 2.17. The van der Waals surface area contributed by atoms with Crippen LogP contribution in [0.25, 0.3) is 0 Å². The van der Waals surface area contributed by atoms with Gasteiger partial charge < -0.3 is 4.90 Å². The first-order valence-corrected chi connectivity index (χ1v) is 11.2. The molecule has 0 saturated carbocycles. The number of rotatable bonds is 3. The molecule has 144 valence electrons. The largest absolute Gasteiger partial charge is 0.337 e. The standard InChI is InChI=1S/C18H21BrN4O3S/c1-21-16-8-11-23(27(25,26)14-6-4-13(19)5-7-14)12-15(16)17(20-21)18(24)22-9-2-3-10-22/h4-7H,2-3,8-12H2,1H3. The van der Waals surface area contributed by atoms with Gasteiger partial charge in [0.2, 0.25) is 10.0 Å². The molecule has 2 aliphatic heterocycles. The zero-order valence-corrected chi connectivity index (χ0v) is 17.5. The third-order valence-electron chi connectivity index (χ3n) is 5.25. The van der Waals surface area contributed by atoms with E-state index >= 15 is 0 Å². The minimum absolute atomic E-state index is 0.0905. The Balaban J connectivity index is 1.66. The van der Waals surface area contributed by atoms with Gasteiger partial charge in [-0.3, -0.25) is 9.48 Å². The first-order chi connectivity index (χ1) is 12.9. The topological polar surface area (TPSA) is 75.5 Å². The van der Waals surface area contributed by atoms with Crippen molar-refractivity contribution in [1.82, 2.24) is 19.0 Å². The second kappa shape index (κ2) is 7.03. The smallest absolute Gasteiger partial charge is 0.274 e. The van der Waals surface area contributed by atoms with E-state index in [9.17, 15) is 13.2 Å². The monoisotopic (exact) mass is 452 g/mol. The van der Waals surface area contributed by atoms with Crippen LogP contribution in [-0.2, 0) is 30.0 Å². The van der Waals surface area contributed by atoms with Crippen molar-refractivity contribution in [3.63, 3.8) is 0 Å². The second-order valence-corrected chi connectivity index (χ2v) is 9.79. The van der Waals surface area contributed by atoms with Crippen LogP contribution in [0.2, 0.25) is 0 Å². The average Bonchev–Trinajstić information content (AvgIpc) is 3.30. The molecule has 1 saturated heterocycles. The molecule has 1 amide bonds. The number of nitrogens with zero attached hydrogens (tertiary/aromatic N) is 4. The van der Waals surface area contributed by atoms with Crippen LogP contribution < -0.4 is 0 Å². The molecule has 7 nitrogen and oxygen atoms in total. The molecule has 1 aromatic heterocycles. The Morgan fingerprint density at radius 2 is 1.78 bits per heavy atom. The van der Waals surface area contributed by atoms with Gasteiger partial charge in [-0.2, -0.15) is 9.40 Å². The van der Waals surface area contributed by atoms with E-state index in [4.69, 9.17) is 0 Å². The summed E-state index contributed by atoms with van der Waals surface area (Å²) in [6, 6.07) is 6.62. The van der Waals surface area contributed by atoms with Crippen molar-refractivity contribution >= 4 is 31.9 Å². The summed E-state index contributed by atoms with van der Waals surface area (Å²) < 4.78 is 30.1. The van der Waals surface area contributed by atoms with Crippen LogP contribution in [0.1, 0.15) is 34.6 Å². The van der Waals surface area contributed by atoms with Crippen LogP contribution in [0.4, 0.5) is 0 Å². The fraction of sp³-hybridized carbons (Fsp3) is 0.444. The Kier molecular flexibility index (Phi) is 4.85. The average molecular weight is 453 g/mol. The van der Waals surface area contributed by atoms with E-state index in [-0.39, 0.29) is 17.3 Å². The minimum atomic E-state index is -3.62. The molecule has 0 bridgehead atoms. The molecule has 27 heavy (non-hydrogen) atoms. The lowest BCUT2D eigenvalue weighted by Crippen LogP contribution is -2.37. The van der Waals surface area contributed by atoms with Crippen LogP contribution in [0, 0.1) is 0 Å². The first-order valence-electron chi connectivity index (χ1n) is 8.97. The van der Waals surface area contributed by atoms with Crippen molar-refractivity contribution in [2.45, 2.75) is 30.7 Å². The molecule has 9 heteroatoms. The first kappa shape index (κ1) is 18.6. The highest BCUT2D eigenvalue weighted by atomic mass is 79.9. The minimum Gasteiger partial charge on any atom is -0.337 e. The van der Waals surface area contributed by atoms with Gasteiger partial charge in [0.25, 0.3) is 5.91 Å². The SMILES string of the molecule is Cn1nc(C(=O)N2CCCC2)c2c1CCN(S(=O)(=O)c1ccc(Br)cc1)C2. The fourth-order valence-electron chi connectivity index (χ4n) is 3.77. The maximum atomic E-state index is 13.0. The summed E-state index contributed by atoms with van der Waals surface area (Å²) in [5, 5.41) is 4.44. The van der Waals surface area contributed by atoms with Gasteiger partial charge in [0, 0.05) is 55.4 Å². The summed E-state index contributed by atoms with van der Waals surface area (Å²) in [5.41, 5.74) is 2.08. The van der Waals surface area contributed by atoms with Crippen molar-refractivity contribution in [2.75, 3.05) is 19.6 Å². The molecule has 1 aromatic carbocycles. The van der Waals surface area contributed by atoms with Gasteiger partial charge in [0.1, 0.15) is 0 Å². The number of carbonyl (C=O) groups is 1. The lowest BCUT2D eigenvalue weighted by atomic mass is 10.1. The van der Waals surface area contributed by atoms with Gasteiger partial charge >= 0.3 is 0 Å². The molecular weight excluding hydrogens is 432 g/mol. The summed E-state index contributed by atoms with van der Waals surface area (Å²) in [6.45, 7) is 2.04. The zero-order chi connectivity index (χ0) is 19.2. The van der Waals surface area contributed by atoms with Gasteiger partial charge in [0.05, 0.1) is 4.90 Å². The van der Waals surface area contributed by atoms with Crippen molar-refractivity contribution < 1.29 is 13.2 Å². The van der Waals surface area contributed by atoms with E-state index in [2.05, 4.69) is 21.0 Å². The quantitative estimate of drug-likeness (QED) is 0.714. The van der Waals surface area contributed by atoms with Crippen LogP contribution in [0.5, 0.6) is 0 Å². The maximum Gasteiger partial charge on any atom is 0.274 e. The molecule has 4 rings (SSSR count). The van der Waals surface area contributed by atoms with E-state index in [1.54, 1.807) is 28.9 Å². The van der Waals surface area contributed by atoms with Gasteiger partial charge in [-0.15, -0.1) is 0 Å². The number of sulfonamides is 1. The highest BCUT2D eigenvalue weighted by Gasteiger charge is 2.35. The number of hydrogen-bond donors (Lipinski definition) is 0. The van der Waals surface area contributed by atoms with Gasteiger partial charge in [0.15, 0.2) is 5.69 Å². The summed E-state index contributed by atoms with van der Waals surface area (Å²) >= 11 is 3.33. The summed E-state index contributed by atoms with van der Waals surface area (Å²) in [6.07, 6.45) is 2.55. The van der Waals surface area contributed by atoms with Crippen molar-refractivity contribution in [3.8, 4) is 0 Å². The normalized spacial score (nSPS) is 17.9. The van der Waals surface area contributed by atoms with E-state index in [1.807, 2.05) is 11.9 Å². The number of hydrogen-bond acceptors (Lipinski definition) is 4. The van der Waals surface area contributed by atoms with Crippen molar-refractivity contribution in [1.29, 1.82) is 0 Å². The van der Waals surface area contributed by atoms with Crippen molar-refractivity contribution in [2.24, 2.45) is 7.05 Å². The number of aryl methyl sites for hydroxylation is 1. The highest BCUT2D eigenvalue weighted by molar-refractivity contribution is 9.10. The van der Waals surface area contributed by atoms with Crippen LogP contribution in [-0.4, -0.2) is 52.9 Å². The Bertz CT molecular complexity index is 979. The van der Waals surface area contributed by atoms with Gasteiger partial charge in [-0.05, 0) is 37.1 Å². The molecule has 2 aliphatic rings. The number of benzene rings is 1. The number of fused-ring (bicyclic) bond motifs is 1. The third-order valence-corrected chi connectivity index (χ3v) is 7.64. The Hall–Kier alpha value is -1.71. The predicted molar refractivity (Wildman–Crippen MR) is 104 cm³/mol. The fourth-order valence-corrected chi connectivity index (χ4v) is 5.44. The number of amides is 1. The second-order valence-electron chi connectivity index (χ2n) is 6.94. The number of aromatic nitrogens is 2. The Morgan fingerprint density at radius 3 is 2.44 bits per heavy atom. The number of halogens is 1. The molecular formula is C18H21BrN4O3S. The highest BCUT2D eigenvalue weighted by Crippen LogP contribution is 2.28. The van der Waals surface area contributed by atoms with E-state index in [0.29, 0.717) is 18.7 Å². The summed E-state index contributed by atoms with van der Waals surface area (Å²) in [4.78, 5) is 14.9. The lowest BCUT2D eigenvalue weighted by Gasteiger charge is -2.27. The summed E-state index contributed by atoms with van der Waals surface area (Å²) in [5.74, 6) is -0.0905. The maximum absolute atomic E-state index is 13.0. The van der Waals surface area contributed by atoms with Crippen molar-refractivity contribution in [3.05, 3.63) is 45.7 Å². The molecule has 0 radical (unpaired) electrons. The van der Waals surface area contributed by atoms with Gasteiger partial charge in [-0.25, -0.2) is 8.42 Å². The Morgan fingerprint density at radius 1 is 1.11 bits per heavy atom. The van der Waals surface area contributed by atoms with E-state index < -0.39 is 10.0 Å². The molecule has 0 N–H and O–H groups in total. The lowest BCUT2D eigenvalue weighted by molar-refractivity contribution is 0.0784. The van der Waals surface area contributed by atoms with Gasteiger partial charge in [-0.1, -0.05) is 15.9 Å². The molecule has 1 fully saturated rings. The third kappa shape index (κ3) is 3.32. The Labute approximate surface area is 167 Å². The zero-order valence-electron chi connectivity index (χ0n) is 15.1. The van der Waals surface area contributed by atoms with Crippen LogP contribution in [0.3, 0.4) is 0 Å². The molecule has 0 aliphatic carbocycles. The molecule has 0 atom stereocenters. The molecule has 0 unspecified atom stereocenters. The molecule has 2 aromatic rings.